The predicted molar refractivity (Wildman–Crippen MR) is 98.9 cm³/mol. The molecule has 4 aromatic rings. The average Bonchev–Trinajstić information content (AvgIpc) is 3.33. The first kappa shape index (κ1) is 17.2. The summed E-state index contributed by atoms with van der Waals surface area (Å²) in [5.41, 5.74) is 1.87. The van der Waals surface area contributed by atoms with Crippen LogP contribution in [0.4, 0.5) is 4.39 Å². The van der Waals surface area contributed by atoms with Crippen LogP contribution >= 0.6 is 11.8 Å². The number of benzene rings is 1. The van der Waals surface area contributed by atoms with E-state index in [-0.39, 0.29) is 17.9 Å². The molecular formula is C18H14FN5O2S. The van der Waals surface area contributed by atoms with Gasteiger partial charge < -0.3 is 9.51 Å². The molecule has 0 unspecified atom stereocenters. The maximum atomic E-state index is 14.1. The van der Waals surface area contributed by atoms with Gasteiger partial charge in [-0.15, -0.1) is 11.8 Å². The fourth-order valence-electron chi connectivity index (χ4n) is 2.65. The van der Waals surface area contributed by atoms with E-state index < -0.39 is 0 Å². The Hall–Kier alpha value is -3.20. The summed E-state index contributed by atoms with van der Waals surface area (Å²) in [5, 5.41) is 8.44. The lowest BCUT2D eigenvalue weighted by atomic mass is 10.2. The normalized spacial score (nSPS) is 11.0. The van der Waals surface area contributed by atoms with Gasteiger partial charge in [-0.05, 0) is 18.4 Å². The summed E-state index contributed by atoms with van der Waals surface area (Å²) in [4.78, 5) is 19.6. The van der Waals surface area contributed by atoms with E-state index in [1.54, 1.807) is 41.3 Å². The van der Waals surface area contributed by atoms with Crippen LogP contribution < -0.4 is 5.56 Å². The molecule has 0 saturated heterocycles. The van der Waals surface area contributed by atoms with Crippen molar-refractivity contribution in [3.8, 4) is 22.9 Å². The molecule has 7 nitrogen and oxygen atoms in total. The average molecular weight is 383 g/mol. The Bertz CT molecular complexity index is 1140. The zero-order valence-corrected chi connectivity index (χ0v) is 15.0. The number of aromatic nitrogens is 5. The van der Waals surface area contributed by atoms with Crippen LogP contribution in [-0.2, 0) is 6.54 Å². The van der Waals surface area contributed by atoms with Gasteiger partial charge in [0.05, 0.1) is 17.1 Å². The Morgan fingerprint density at radius 1 is 1.26 bits per heavy atom. The van der Waals surface area contributed by atoms with Gasteiger partial charge >= 0.3 is 0 Å². The molecule has 0 saturated carbocycles. The highest BCUT2D eigenvalue weighted by molar-refractivity contribution is 7.98. The summed E-state index contributed by atoms with van der Waals surface area (Å²) >= 11 is 1.31. The molecule has 0 fully saturated rings. The van der Waals surface area contributed by atoms with Crippen LogP contribution in [0.25, 0.3) is 22.9 Å². The third-order valence-corrected chi connectivity index (χ3v) is 4.72. The van der Waals surface area contributed by atoms with E-state index in [1.165, 1.54) is 30.3 Å². The highest BCUT2D eigenvalue weighted by Gasteiger charge is 2.17. The van der Waals surface area contributed by atoms with Crippen molar-refractivity contribution in [3.05, 3.63) is 70.6 Å². The van der Waals surface area contributed by atoms with E-state index in [0.717, 1.165) is 0 Å². The smallest absolute Gasteiger partial charge is 0.264 e. The number of halogens is 1. The second-order valence-corrected chi connectivity index (χ2v) is 6.53. The fraction of sp³-hybridized carbons (Fsp3) is 0.111. The molecular weight excluding hydrogens is 369 g/mol. The van der Waals surface area contributed by atoms with E-state index in [9.17, 15) is 9.18 Å². The molecule has 0 bridgehead atoms. The topological polar surface area (TPSA) is 89.6 Å². The Labute approximate surface area is 157 Å². The van der Waals surface area contributed by atoms with Crippen LogP contribution in [0.15, 0.2) is 63.1 Å². The number of hydrogen-bond acceptors (Lipinski definition) is 6. The van der Waals surface area contributed by atoms with Gasteiger partial charge in [0.25, 0.3) is 5.56 Å². The first-order valence-corrected chi connectivity index (χ1v) is 9.24. The summed E-state index contributed by atoms with van der Waals surface area (Å²) in [7, 11) is 0. The third-order valence-electron chi connectivity index (χ3n) is 3.99. The summed E-state index contributed by atoms with van der Waals surface area (Å²) in [6, 6.07) is 9.90. The zero-order chi connectivity index (χ0) is 18.8. The van der Waals surface area contributed by atoms with Crippen molar-refractivity contribution < 1.29 is 8.91 Å². The monoisotopic (exact) mass is 383 g/mol. The van der Waals surface area contributed by atoms with Gasteiger partial charge in [0.1, 0.15) is 23.5 Å². The van der Waals surface area contributed by atoms with E-state index in [2.05, 4.69) is 20.2 Å². The molecule has 1 aromatic carbocycles. The van der Waals surface area contributed by atoms with Crippen molar-refractivity contribution in [2.45, 2.75) is 11.4 Å². The van der Waals surface area contributed by atoms with Crippen molar-refractivity contribution in [2.24, 2.45) is 0 Å². The van der Waals surface area contributed by atoms with E-state index in [0.29, 0.717) is 33.4 Å². The Morgan fingerprint density at radius 3 is 2.81 bits per heavy atom. The molecule has 0 aliphatic carbocycles. The quantitative estimate of drug-likeness (QED) is 0.532. The predicted octanol–water partition coefficient (Wildman–Crippen LogP) is 3.20. The van der Waals surface area contributed by atoms with Gasteiger partial charge in [0.2, 0.25) is 0 Å². The SMILES string of the molecule is CSc1cnc(-c2cc(-c3ccon3)n(Cc3ccccc3F)n2)[nH]c1=O. The highest BCUT2D eigenvalue weighted by Crippen LogP contribution is 2.24. The van der Waals surface area contributed by atoms with Gasteiger partial charge in [-0.1, -0.05) is 23.4 Å². The number of hydrogen-bond donors (Lipinski definition) is 1. The molecule has 3 heterocycles. The molecule has 0 aliphatic rings. The maximum Gasteiger partial charge on any atom is 0.264 e. The lowest BCUT2D eigenvalue weighted by Gasteiger charge is -2.06. The van der Waals surface area contributed by atoms with Gasteiger partial charge in [-0.3, -0.25) is 9.48 Å². The van der Waals surface area contributed by atoms with Crippen molar-refractivity contribution >= 4 is 11.8 Å². The first-order chi connectivity index (χ1) is 13.2. The van der Waals surface area contributed by atoms with Crippen LogP contribution in [0.1, 0.15) is 5.56 Å². The molecule has 27 heavy (non-hydrogen) atoms. The summed E-state index contributed by atoms with van der Waals surface area (Å²) < 4.78 is 20.6. The minimum Gasteiger partial charge on any atom is -0.364 e. The lowest BCUT2D eigenvalue weighted by Crippen LogP contribution is -2.11. The molecule has 1 N–H and O–H groups in total. The van der Waals surface area contributed by atoms with Crippen LogP contribution in [0.2, 0.25) is 0 Å². The Kier molecular flexibility index (Phi) is 4.59. The van der Waals surface area contributed by atoms with Crippen LogP contribution in [0.3, 0.4) is 0 Å². The minimum atomic E-state index is -0.323. The molecule has 0 radical (unpaired) electrons. The lowest BCUT2D eigenvalue weighted by molar-refractivity contribution is 0.421. The minimum absolute atomic E-state index is 0.196. The largest absolute Gasteiger partial charge is 0.364 e. The number of aromatic amines is 1. The van der Waals surface area contributed by atoms with Crippen LogP contribution in [0.5, 0.6) is 0 Å². The number of H-pyrrole nitrogens is 1. The number of nitrogens with one attached hydrogen (secondary N) is 1. The Balaban J connectivity index is 1.80. The summed E-state index contributed by atoms with van der Waals surface area (Å²) in [6.45, 7) is 0.196. The van der Waals surface area contributed by atoms with Gasteiger partial charge in [0, 0.05) is 17.8 Å². The molecule has 0 atom stereocenters. The second kappa shape index (κ2) is 7.20. The van der Waals surface area contributed by atoms with Gasteiger partial charge in [-0.25, -0.2) is 9.37 Å². The highest BCUT2D eigenvalue weighted by atomic mass is 32.2. The molecule has 0 amide bonds. The van der Waals surface area contributed by atoms with E-state index >= 15 is 0 Å². The van der Waals surface area contributed by atoms with Crippen molar-refractivity contribution in [1.29, 1.82) is 0 Å². The molecule has 0 spiro atoms. The van der Waals surface area contributed by atoms with Crippen molar-refractivity contribution in [2.75, 3.05) is 6.26 Å². The van der Waals surface area contributed by atoms with Crippen LogP contribution in [0, 0.1) is 5.82 Å². The maximum absolute atomic E-state index is 14.1. The third kappa shape index (κ3) is 3.41. The Morgan fingerprint density at radius 2 is 2.11 bits per heavy atom. The van der Waals surface area contributed by atoms with Gasteiger partial charge in [-0.2, -0.15) is 5.10 Å². The van der Waals surface area contributed by atoms with Gasteiger partial charge in [0.15, 0.2) is 5.82 Å². The molecule has 0 aliphatic heterocycles. The first-order valence-electron chi connectivity index (χ1n) is 8.01. The van der Waals surface area contributed by atoms with Crippen molar-refractivity contribution in [3.63, 3.8) is 0 Å². The fourth-order valence-corrected chi connectivity index (χ4v) is 3.05. The summed E-state index contributed by atoms with van der Waals surface area (Å²) in [5.74, 6) is 0.00587. The number of nitrogens with zero attached hydrogens (tertiary/aromatic N) is 4. The molecule has 3 aromatic heterocycles. The van der Waals surface area contributed by atoms with E-state index in [4.69, 9.17) is 4.52 Å². The van der Waals surface area contributed by atoms with Crippen molar-refractivity contribution in [1.82, 2.24) is 24.9 Å². The number of thioether (sulfide) groups is 1. The van der Waals surface area contributed by atoms with E-state index in [1.807, 2.05) is 0 Å². The molecule has 4 rings (SSSR count). The standard InChI is InChI=1S/C18H14FN5O2S/c1-27-16-9-20-17(21-18(16)25)14-8-15(13-6-7-26-23-13)24(22-14)10-11-4-2-3-5-12(11)19/h2-9H,10H2,1H3,(H,20,21,25). The second-order valence-electron chi connectivity index (χ2n) is 5.68. The van der Waals surface area contributed by atoms with Crippen LogP contribution in [-0.4, -0.2) is 31.2 Å². The number of rotatable bonds is 5. The summed E-state index contributed by atoms with van der Waals surface area (Å²) in [6.07, 6.45) is 4.76. The molecule has 9 heteroatoms. The zero-order valence-electron chi connectivity index (χ0n) is 14.2. The molecule has 136 valence electrons.